The molecular formula is C19H26O4. The minimum Gasteiger partial charge on any atom is -0.486 e. The van der Waals surface area contributed by atoms with Gasteiger partial charge in [0.15, 0.2) is 6.29 Å². The van der Waals surface area contributed by atoms with Crippen molar-refractivity contribution in [3.8, 4) is 5.75 Å². The summed E-state index contributed by atoms with van der Waals surface area (Å²) in [7, 11) is 1.65. The molecule has 0 spiro atoms. The van der Waals surface area contributed by atoms with Crippen molar-refractivity contribution in [1.29, 1.82) is 0 Å². The number of aliphatic hydroxyl groups excluding tert-OH is 1. The van der Waals surface area contributed by atoms with Gasteiger partial charge in [-0.2, -0.15) is 0 Å². The first-order valence-electron chi connectivity index (χ1n) is 8.29. The van der Waals surface area contributed by atoms with Crippen LogP contribution in [0.1, 0.15) is 55.1 Å². The summed E-state index contributed by atoms with van der Waals surface area (Å²) >= 11 is 0. The molecule has 0 unspecified atom stereocenters. The average molecular weight is 318 g/mol. The topological polar surface area (TPSA) is 55.8 Å². The van der Waals surface area contributed by atoms with Crippen molar-refractivity contribution in [2.45, 2.75) is 58.3 Å². The van der Waals surface area contributed by atoms with Gasteiger partial charge in [0.05, 0.1) is 18.3 Å². The van der Waals surface area contributed by atoms with Gasteiger partial charge in [0.2, 0.25) is 0 Å². The Labute approximate surface area is 137 Å². The predicted molar refractivity (Wildman–Crippen MR) is 87.8 cm³/mol. The lowest BCUT2D eigenvalue weighted by molar-refractivity contribution is -0.137. The van der Waals surface area contributed by atoms with Gasteiger partial charge in [-0.3, -0.25) is 4.79 Å². The number of aldehydes is 1. The van der Waals surface area contributed by atoms with Crippen molar-refractivity contribution in [2.75, 3.05) is 7.11 Å². The molecule has 0 amide bonds. The third-order valence-corrected chi connectivity index (χ3v) is 5.86. The van der Waals surface area contributed by atoms with Crippen molar-refractivity contribution in [2.24, 2.45) is 11.3 Å². The zero-order chi connectivity index (χ0) is 16.8. The van der Waals surface area contributed by atoms with E-state index >= 15 is 0 Å². The van der Waals surface area contributed by atoms with Gasteiger partial charge >= 0.3 is 0 Å². The molecule has 1 N–H and O–H groups in total. The van der Waals surface area contributed by atoms with Crippen LogP contribution in [0.25, 0.3) is 0 Å². The van der Waals surface area contributed by atoms with Gasteiger partial charge in [0.1, 0.15) is 11.4 Å². The Hall–Kier alpha value is -1.39. The van der Waals surface area contributed by atoms with Gasteiger partial charge in [-0.15, -0.1) is 0 Å². The lowest BCUT2D eigenvalue weighted by Gasteiger charge is -2.55. The molecule has 1 heterocycles. The van der Waals surface area contributed by atoms with Gasteiger partial charge in [-0.1, -0.05) is 13.8 Å². The van der Waals surface area contributed by atoms with Crippen LogP contribution in [-0.2, 0) is 17.8 Å². The molecule has 1 aromatic rings. The quantitative estimate of drug-likeness (QED) is 0.870. The molecule has 0 bridgehead atoms. The molecule has 4 nitrogen and oxygen atoms in total. The van der Waals surface area contributed by atoms with Crippen LogP contribution in [0.15, 0.2) is 12.1 Å². The highest BCUT2D eigenvalue weighted by atomic mass is 16.5. The summed E-state index contributed by atoms with van der Waals surface area (Å²) in [5.41, 5.74) is 2.07. The standard InChI is InChI=1S/C19H26O4/c1-18(2)15-9-13-7-12(11-22-4)8-14(10-20)17(13)23-19(15,3)6-5-16(18)21/h7-8,10,15-16,21H,5-6,9,11H2,1-4H3/t15-,16-,19-/m1/s1. The number of aliphatic hydroxyl groups is 1. The largest absolute Gasteiger partial charge is 0.486 e. The summed E-state index contributed by atoms with van der Waals surface area (Å²) in [6.45, 7) is 6.83. The van der Waals surface area contributed by atoms with Crippen molar-refractivity contribution in [1.82, 2.24) is 0 Å². The third kappa shape index (κ3) is 2.58. The zero-order valence-corrected chi connectivity index (χ0v) is 14.4. The van der Waals surface area contributed by atoms with E-state index in [4.69, 9.17) is 9.47 Å². The maximum atomic E-state index is 11.5. The zero-order valence-electron chi connectivity index (χ0n) is 14.4. The van der Waals surface area contributed by atoms with Crippen LogP contribution < -0.4 is 4.74 Å². The molecule has 1 saturated carbocycles. The maximum Gasteiger partial charge on any atom is 0.153 e. The van der Waals surface area contributed by atoms with Gasteiger partial charge in [0, 0.05) is 13.0 Å². The fourth-order valence-corrected chi connectivity index (χ4v) is 4.44. The third-order valence-electron chi connectivity index (χ3n) is 5.86. The normalized spacial score (nSPS) is 31.7. The Morgan fingerprint density at radius 1 is 1.39 bits per heavy atom. The summed E-state index contributed by atoms with van der Waals surface area (Å²) in [6.07, 6.45) is 2.89. The number of rotatable bonds is 3. The first kappa shape index (κ1) is 16.5. The van der Waals surface area contributed by atoms with E-state index in [0.717, 1.165) is 36.7 Å². The van der Waals surface area contributed by atoms with Crippen LogP contribution in [0, 0.1) is 11.3 Å². The fourth-order valence-electron chi connectivity index (χ4n) is 4.44. The molecule has 0 aromatic heterocycles. The van der Waals surface area contributed by atoms with Crippen LogP contribution >= 0.6 is 0 Å². The Kier molecular flexibility index (Phi) is 4.01. The number of fused-ring (bicyclic) bond motifs is 2. The van der Waals surface area contributed by atoms with E-state index in [2.05, 4.69) is 26.8 Å². The highest BCUT2D eigenvalue weighted by Gasteiger charge is 2.54. The number of benzene rings is 1. The number of methoxy groups -OCH3 is 1. The summed E-state index contributed by atoms with van der Waals surface area (Å²) in [4.78, 5) is 11.5. The monoisotopic (exact) mass is 318 g/mol. The summed E-state index contributed by atoms with van der Waals surface area (Å²) in [6, 6.07) is 3.92. The Morgan fingerprint density at radius 3 is 2.78 bits per heavy atom. The van der Waals surface area contributed by atoms with E-state index in [9.17, 15) is 9.90 Å². The molecule has 0 saturated heterocycles. The number of ether oxygens (including phenoxy) is 2. The SMILES string of the molecule is COCc1cc(C=O)c2c(c1)C[C@@H]1C(C)(C)[C@H](O)CC[C@@]1(C)O2. The van der Waals surface area contributed by atoms with Crippen molar-refractivity contribution < 1.29 is 19.4 Å². The summed E-state index contributed by atoms with van der Waals surface area (Å²) in [5, 5.41) is 10.4. The lowest BCUT2D eigenvalue weighted by Crippen LogP contribution is -2.58. The first-order valence-corrected chi connectivity index (χ1v) is 8.29. The summed E-state index contributed by atoms with van der Waals surface area (Å²) < 4.78 is 11.6. The molecular weight excluding hydrogens is 292 g/mol. The lowest BCUT2D eigenvalue weighted by atomic mass is 9.57. The molecule has 4 heteroatoms. The van der Waals surface area contributed by atoms with Crippen LogP contribution in [0.4, 0.5) is 0 Å². The molecule has 126 valence electrons. The number of hydrogen-bond acceptors (Lipinski definition) is 4. The predicted octanol–water partition coefficient (Wildman–Crippen LogP) is 3.14. The Balaban J connectivity index is 2.07. The highest BCUT2D eigenvalue weighted by molar-refractivity contribution is 5.81. The number of hydrogen-bond donors (Lipinski definition) is 1. The van der Waals surface area contributed by atoms with Crippen molar-refractivity contribution >= 4 is 6.29 Å². The molecule has 23 heavy (non-hydrogen) atoms. The van der Waals surface area contributed by atoms with E-state index in [1.165, 1.54) is 0 Å². The maximum absolute atomic E-state index is 11.5. The average Bonchev–Trinajstić information content (AvgIpc) is 2.50. The highest BCUT2D eigenvalue weighted by Crippen LogP contribution is 2.53. The van der Waals surface area contributed by atoms with E-state index < -0.39 is 0 Å². The molecule has 2 aliphatic rings. The molecule has 1 aliphatic heterocycles. The molecule has 3 rings (SSSR count). The van der Waals surface area contributed by atoms with Crippen molar-refractivity contribution in [3.63, 3.8) is 0 Å². The van der Waals surface area contributed by atoms with Crippen LogP contribution in [-0.4, -0.2) is 30.2 Å². The van der Waals surface area contributed by atoms with Gasteiger partial charge in [-0.05, 0) is 54.9 Å². The number of carbonyl (C=O) groups excluding carboxylic acids is 1. The minimum atomic E-state index is -0.337. The smallest absolute Gasteiger partial charge is 0.153 e. The van der Waals surface area contributed by atoms with E-state index in [-0.39, 0.29) is 23.0 Å². The second kappa shape index (κ2) is 5.60. The Bertz CT molecular complexity index is 622. The first-order chi connectivity index (χ1) is 10.8. The van der Waals surface area contributed by atoms with Gasteiger partial charge < -0.3 is 14.6 Å². The van der Waals surface area contributed by atoms with Gasteiger partial charge in [-0.25, -0.2) is 0 Å². The van der Waals surface area contributed by atoms with E-state index in [1.807, 2.05) is 6.07 Å². The molecule has 0 radical (unpaired) electrons. The fraction of sp³-hybridized carbons (Fsp3) is 0.632. The second-order valence-corrected chi connectivity index (χ2v) is 7.77. The summed E-state index contributed by atoms with van der Waals surface area (Å²) in [5.74, 6) is 0.925. The number of carbonyl (C=O) groups is 1. The van der Waals surface area contributed by atoms with Crippen molar-refractivity contribution in [3.05, 3.63) is 28.8 Å². The van der Waals surface area contributed by atoms with Crippen LogP contribution in [0.5, 0.6) is 5.75 Å². The molecule has 1 aromatic carbocycles. The second-order valence-electron chi connectivity index (χ2n) is 7.77. The van der Waals surface area contributed by atoms with E-state index in [1.54, 1.807) is 7.11 Å². The Morgan fingerprint density at radius 2 is 2.13 bits per heavy atom. The molecule has 1 aliphatic carbocycles. The van der Waals surface area contributed by atoms with Crippen LogP contribution in [0.3, 0.4) is 0 Å². The minimum absolute atomic E-state index is 0.212. The molecule has 1 fully saturated rings. The van der Waals surface area contributed by atoms with Gasteiger partial charge in [0.25, 0.3) is 0 Å². The van der Waals surface area contributed by atoms with Crippen LogP contribution in [0.2, 0.25) is 0 Å². The molecule has 3 atom stereocenters. The van der Waals surface area contributed by atoms with E-state index in [0.29, 0.717) is 17.9 Å².